The first-order chi connectivity index (χ1) is 12.2. The molecule has 0 bridgehead atoms. The van der Waals surface area contributed by atoms with Gasteiger partial charge in [-0.05, 0) is 36.3 Å². The summed E-state index contributed by atoms with van der Waals surface area (Å²) in [4.78, 5) is 17.5. The number of rotatable bonds is 3. The van der Waals surface area contributed by atoms with E-state index < -0.39 is 0 Å². The molecule has 0 spiro atoms. The van der Waals surface area contributed by atoms with Gasteiger partial charge in [-0.15, -0.1) is 0 Å². The van der Waals surface area contributed by atoms with Gasteiger partial charge < -0.3 is 9.78 Å². The van der Waals surface area contributed by atoms with Crippen LogP contribution in [-0.4, -0.2) is 28.8 Å². The molecule has 130 valence electrons. The molecule has 1 saturated heterocycles. The normalized spacial score (nSPS) is 30.3. The molecular formula is C21H25N3O. The molecule has 1 unspecified atom stereocenters. The molecule has 1 fully saturated rings. The Hall–Kier alpha value is -2.12. The molecule has 0 radical (unpaired) electrons. The zero-order valence-corrected chi connectivity index (χ0v) is 14.9. The molecule has 4 heteroatoms. The second kappa shape index (κ2) is 6.31. The van der Waals surface area contributed by atoms with E-state index in [4.69, 9.17) is 0 Å². The van der Waals surface area contributed by atoms with Crippen LogP contribution in [0.4, 0.5) is 0 Å². The summed E-state index contributed by atoms with van der Waals surface area (Å²) < 4.78 is 0. The second-order valence-electron chi connectivity index (χ2n) is 7.61. The van der Waals surface area contributed by atoms with Crippen molar-refractivity contribution in [2.45, 2.75) is 45.2 Å². The van der Waals surface area contributed by atoms with E-state index in [9.17, 15) is 10.1 Å². The fourth-order valence-electron chi connectivity index (χ4n) is 5.24. The van der Waals surface area contributed by atoms with Gasteiger partial charge >= 0.3 is 0 Å². The number of aromatic amines is 1. The number of carbonyl (C=O) groups excluding carboxylic acids is 1. The highest BCUT2D eigenvalue weighted by atomic mass is 16.1. The molecule has 4 nitrogen and oxygen atoms in total. The van der Waals surface area contributed by atoms with Crippen molar-refractivity contribution in [3.63, 3.8) is 0 Å². The van der Waals surface area contributed by atoms with E-state index >= 15 is 0 Å². The SMILES string of the molecule is CC[C@@H]1[C@@H](C(C)C=O)C[C@H]2c3[nH]c4ccccc4c3CCN2[C@@H]1C#N. The van der Waals surface area contributed by atoms with Gasteiger partial charge in [0.05, 0.1) is 12.1 Å². The van der Waals surface area contributed by atoms with Gasteiger partial charge in [0.15, 0.2) is 0 Å². The predicted octanol–water partition coefficient (Wildman–Crippen LogP) is 3.84. The largest absolute Gasteiger partial charge is 0.357 e. The van der Waals surface area contributed by atoms with E-state index in [1.54, 1.807) is 0 Å². The minimum absolute atomic E-state index is 0.00213. The molecule has 0 aliphatic carbocycles. The maximum Gasteiger partial charge on any atom is 0.123 e. The van der Waals surface area contributed by atoms with Crippen molar-refractivity contribution in [1.29, 1.82) is 5.26 Å². The third-order valence-electron chi connectivity index (χ3n) is 6.50. The van der Waals surface area contributed by atoms with Crippen molar-refractivity contribution in [2.24, 2.45) is 17.8 Å². The van der Waals surface area contributed by atoms with Crippen LogP contribution >= 0.6 is 0 Å². The van der Waals surface area contributed by atoms with Crippen LogP contribution in [0.15, 0.2) is 24.3 Å². The minimum atomic E-state index is -0.101. The van der Waals surface area contributed by atoms with Crippen molar-refractivity contribution < 1.29 is 4.79 Å². The lowest BCUT2D eigenvalue weighted by molar-refractivity contribution is -0.114. The van der Waals surface area contributed by atoms with Gasteiger partial charge in [-0.1, -0.05) is 38.5 Å². The Labute approximate surface area is 148 Å². The predicted molar refractivity (Wildman–Crippen MR) is 98.0 cm³/mol. The van der Waals surface area contributed by atoms with Crippen molar-refractivity contribution in [2.75, 3.05) is 6.54 Å². The van der Waals surface area contributed by atoms with Gasteiger partial charge in [-0.3, -0.25) is 4.90 Å². The smallest absolute Gasteiger partial charge is 0.123 e. The van der Waals surface area contributed by atoms with Crippen molar-refractivity contribution >= 4 is 17.2 Å². The molecule has 1 aromatic carbocycles. The quantitative estimate of drug-likeness (QED) is 0.867. The van der Waals surface area contributed by atoms with Gasteiger partial charge in [0, 0.05) is 29.1 Å². The van der Waals surface area contributed by atoms with Gasteiger partial charge in [-0.25, -0.2) is 0 Å². The number of hydrogen-bond acceptors (Lipinski definition) is 3. The molecule has 0 amide bonds. The average Bonchev–Trinajstić information content (AvgIpc) is 3.04. The summed E-state index contributed by atoms with van der Waals surface area (Å²) in [6.45, 7) is 5.09. The topological polar surface area (TPSA) is 59.9 Å². The van der Waals surface area contributed by atoms with Crippen LogP contribution in [-0.2, 0) is 11.2 Å². The Bertz CT molecular complexity index is 833. The summed E-state index contributed by atoms with van der Waals surface area (Å²) in [5, 5.41) is 11.2. The molecule has 2 aromatic rings. The third-order valence-corrected chi connectivity index (χ3v) is 6.50. The number of aldehydes is 1. The van der Waals surface area contributed by atoms with Crippen LogP contribution in [0.1, 0.15) is 44.0 Å². The molecule has 25 heavy (non-hydrogen) atoms. The zero-order chi connectivity index (χ0) is 17.6. The number of carbonyl (C=O) groups is 1. The first-order valence-electron chi connectivity index (χ1n) is 9.39. The molecular weight excluding hydrogens is 310 g/mol. The van der Waals surface area contributed by atoms with E-state index in [1.165, 1.54) is 22.2 Å². The molecule has 2 aliphatic rings. The Morgan fingerprint density at radius 3 is 2.96 bits per heavy atom. The summed E-state index contributed by atoms with van der Waals surface area (Å²) in [5.41, 5.74) is 3.85. The van der Waals surface area contributed by atoms with Gasteiger partial charge in [0.1, 0.15) is 12.3 Å². The number of aromatic nitrogens is 1. The van der Waals surface area contributed by atoms with Crippen molar-refractivity contribution in [1.82, 2.24) is 9.88 Å². The molecule has 2 aliphatic heterocycles. The maximum absolute atomic E-state index is 11.5. The van der Waals surface area contributed by atoms with E-state index in [-0.39, 0.29) is 29.8 Å². The third kappa shape index (κ3) is 2.41. The molecule has 0 saturated carbocycles. The van der Waals surface area contributed by atoms with Crippen molar-refractivity contribution in [3.8, 4) is 6.07 Å². The van der Waals surface area contributed by atoms with Crippen LogP contribution in [0.2, 0.25) is 0 Å². The Morgan fingerprint density at radius 2 is 2.24 bits per heavy atom. The lowest BCUT2D eigenvalue weighted by Crippen LogP contribution is -2.53. The zero-order valence-electron chi connectivity index (χ0n) is 14.9. The number of piperidine rings is 1. The summed E-state index contributed by atoms with van der Waals surface area (Å²) >= 11 is 0. The van der Waals surface area contributed by atoms with Gasteiger partial charge in [0.25, 0.3) is 0 Å². The summed E-state index contributed by atoms with van der Waals surface area (Å²) in [6, 6.07) is 11.2. The first-order valence-corrected chi connectivity index (χ1v) is 9.39. The van der Waals surface area contributed by atoms with Crippen LogP contribution in [0.5, 0.6) is 0 Å². The molecule has 4 rings (SSSR count). The highest BCUT2D eigenvalue weighted by Gasteiger charge is 2.47. The summed E-state index contributed by atoms with van der Waals surface area (Å²) in [5.74, 6) is 0.538. The van der Waals surface area contributed by atoms with Crippen LogP contribution < -0.4 is 0 Å². The molecule has 3 heterocycles. The number of hydrogen-bond donors (Lipinski definition) is 1. The number of nitriles is 1. The fourth-order valence-corrected chi connectivity index (χ4v) is 5.24. The van der Waals surface area contributed by atoms with Gasteiger partial charge in [-0.2, -0.15) is 5.26 Å². The number of H-pyrrole nitrogens is 1. The highest BCUT2D eigenvalue weighted by Crippen LogP contribution is 2.48. The van der Waals surface area contributed by atoms with E-state index in [2.05, 4.69) is 47.1 Å². The average molecular weight is 335 g/mol. The Balaban J connectivity index is 1.80. The first kappa shape index (κ1) is 16.4. The van der Waals surface area contributed by atoms with E-state index in [0.29, 0.717) is 0 Å². The van der Waals surface area contributed by atoms with E-state index in [1.807, 2.05) is 6.92 Å². The molecule has 1 aromatic heterocycles. The monoisotopic (exact) mass is 335 g/mol. The standard InChI is InChI=1S/C21H25N3O/c1-3-14-17(13(2)12-25)10-19-21-16(8-9-24(19)20(14)11-22)15-6-4-5-7-18(15)23-21/h4-7,12-14,17,19-20,23H,3,8-10H2,1-2H3/t13?,14-,17-,19+,20-/m1/s1. The minimum Gasteiger partial charge on any atom is -0.357 e. The number of nitrogens with zero attached hydrogens (tertiary/aromatic N) is 2. The van der Waals surface area contributed by atoms with Crippen LogP contribution in [0.25, 0.3) is 10.9 Å². The fraction of sp³-hybridized carbons (Fsp3) is 0.524. The molecule has 1 N–H and O–H groups in total. The summed E-state index contributed by atoms with van der Waals surface area (Å²) in [6.07, 6.45) is 3.96. The lowest BCUT2D eigenvalue weighted by Gasteiger charge is -2.50. The summed E-state index contributed by atoms with van der Waals surface area (Å²) in [7, 11) is 0. The Morgan fingerprint density at radius 1 is 1.44 bits per heavy atom. The maximum atomic E-state index is 11.5. The van der Waals surface area contributed by atoms with Crippen LogP contribution in [0, 0.1) is 29.1 Å². The number of benzene rings is 1. The van der Waals surface area contributed by atoms with Crippen LogP contribution in [0.3, 0.4) is 0 Å². The number of nitrogens with one attached hydrogen (secondary N) is 1. The number of para-hydroxylation sites is 1. The second-order valence-corrected chi connectivity index (χ2v) is 7.61. The molecule has 5 atom stereocenters. The van der Waals surface area contributed by atoms with Crippen molar-refractivity contribution in [3.05, 3.63) is 35.5 Å². The van der Waals surface area contributed by atoms with E-state index in [0.717, 1.165) is 32.1 Å². The Kier molecular flexibility index (Phi) is 4.13. The number of fused-ring (bicyclic) bond motifs is 5. The van der Waals surface area contributed by atoms with Gasteiger partial charge in [0.2, 0.25) is 0 Å². The highest BCUT2D eigenvalue weighted by molar-refractivity contribution is 5.85. The lowest BCUT2D eigenvalue weighted by atomic mass is 9.69.